The van der Waals surface area contributed by atoms with Crippen LogP contribution in [-0.2, 0) is 23.9 Å². The highest BCUT2D eigenvalue weighted by Crippen LogP contribution is 2.58. The third kappa shape index (κ3) is 4.50. The number of aliphatic hydroxyl groups is 1. The van der Waals surface area contributed by atoms with E-state index in [0.717, 1.165) is 0 Å². The highest BCUT2D eigenvalue weighted by atomic mass is 35.5. The molecule has 1 N–H and O–H groups in total. The van der Waals surface area contributed by atoms with Gasteiger partial charge in [-0.3, -0.25) is 14.4 Å². The predicted octanol–water partition coefficient (Wildman–Crippen LogP) is 3.90. The van der Waals surface area contributed by atoms with E-state index in [1.54, 1.807) is 29.2 Å². The van der Waals surface area contributed by atoms with E-state index in [2.05, 4.69) is 0 Å². The lowest BCUT2D eigenvalue weighted by Crippen LogP contribution is -2.59. The van der Waals surface area contributed by atoms with Gasteiger partial charge in [0, 0.05) is 17.3 Å². The highest BCUT2D eigenvalue weighted by Gasteiger charge is 2.75. The molecular weight excluding hydrogens is 520 g/mol. The largest absolute Gasteiger partial charge is 0.465 e. The van der Waals surface area contributed by atoms with Crippen LogP contribution in [-0.4, -0.2) is 70.8 Å². The fraction of sp³-hybridized carbons (Fsp3) is 0.567. The lowest BCUT2D eigenvalue weighted by molar-refractivity contribution is -0.161. The summed E-state index contributed by atoms with van der Waals surface area (Å²) in [4.78, 5) is 45.8. The normalized spacial score (nSPS) is 34.0. The number of ether oxygens (including phenoxy) is 2. The number of cyclic esters (lactones) is 1. The number of aliphatic hydroxyl groups excluding tert-OH is 1. The summed E-state index contributed by atoms with van der Waals surface area (Å²) < 4.78 is 12.6. The lowest BCUT2D eigenvalue weighted by atomic mass is 9.73. The van der Waals surface area contributed by atoms with E-state index >= 15 is 0 Å². The van der Waals surface area contributed by atoms with E-state index in [4.69, 9.17) is 21.1 Å². The molecule has 4 heterocycles. The molecule has 0 saturated carbocycles. The SMILES string of the molecule is CC[C@@]12/C=C\CCCOC(=O)[C@@H]1[C@H]1C(=O)N([C@@H](CO)CC(C)C)C3C(=O)N(c4ccc(Cl)cc4)CC=C[C@@]31O2. The first-order valence-corrected chi connectivity index (χ1v) is 14.3. The van der Waals surface area contributed by atoms with Gasteiger partial charge in [0.1, 0.15) is 23.2 Å². The zero-order chi connectivity index (χ0) is 27.9. The van der Waals surface area contributed by atoms with Crippen molar-refractivity contribution in [3.8, 4) is 0 Å². The van der Waals surface area contributed by atoms with Gasteiger partial charge in [-0.05, 0) is 55.9 Å². The predicted molar refractivity (Wildman–Crippen MR) is 147 cm³/mol. The molecular formula is C30H37ClN2O6. The number of halogens is 1. The molecule has 0 aliphatic carbocycles. The number of hydrogen-bond acceptors (Lipinski definition) is 6. The summed E-state index contributed by atoms with van der Waals surface area (Å²) in [6, 6.07) is 5.28. The van der Waals surface area contributed by atoms with Crippen molar-refractivity contribution in [1.29, 1.82) is 0 Å². The van der Waals surface area contributed by atoms with Crippen molar-refractivity contribution in [1.82, 2.24) is 4.90 Å². The van der Waals surface area contributed by atoms with Crippen LogP contribution in [0.15, 0.2) is 48.6 Å². The average Bonchev–Trinajstić information content (AvgIpc) is 3.29. The van der Waals surface area contributed by atoms with Crippen LogP contribution < -0.4 is 4.90 Å². The van der Waals surface area contributed by atoms with E-state index in [0.29, 0.717) is 36.4 Å². The summed E-state index contributed by atoms with van der Waals surface area (Å²) in [6.07, 6.45) is 9.88. The van der Waals surface area contributed by atoms with Crippen LogP contribution in [0, 0.1) is 17.8 Å². The number of amides is 2. The number of carbonyl (C=O) groups excluding carboxylic acids is 3. The number of nitrogens with zero attached hydrogens (tertiary/aromatic N) is 2. The van der Waals surface area contributed by atoms with Gasteiger partial charge in [-0.2, -0.15) is 0 Å². The summed E-state index contributed by atoms with van der Waals surface area (Å²) in [5, 5.41) is 11.0. The Morgan fingerprint density at radius 1 is 1.08 bits per heavy atom. The molecule has 5 rings (SSSR count). The van der Waals surface area contributed by atoms with E-state index in [1.165, 1.54) is 4.90 Å². The van der Waals surface area contributed by atoms with Crippen molar-refractivity contribution in [2.24, 2.45) is 17.8 Å². The highest BCUT2D eigenvalue weighted by molar-refractivity contribution is 6.30. The number of carbonyl (C=O) groups is 3. The Morgan fingerprint density at radius 2 is 1.82 bits per heavy atom. The van der Waals surface area contributed by atoms with Crippen molar-refractivity contribution in [2.45, 2.75) is 69.7 Å². The number of esters is 1. The number of rotatable bonds is 6. The number of likely N-dealkylation sites (tertiary alicyclic amines) is 1. The Labute approximate surface area is 234 Å². The Hall–Kier alpha value is -2.68. The van der Waals surface area contributed by atoms with Gasteiger partial charge in [0.05, 0.1) is 25.2 Å². The molecule has 1 aromatic carbocycles. The number of hydrogen-bond donors (Lipinski definition) is 1. The number of anilines is 1. The van der Waals surface area contributed by atoms with Gasteiger partial charge in [-0.15, -0.1) is 0 Å². The van der Waals surface area contributed by atoms with Crippen LogP contribution in [0.1, 0.15) is 46.5 Å². The quantitative estimate of drug-likeness (QED) is 0.422. The first-order chi connectivity index (χ1) is 18.7. The van der Waals surface area contributed by atoms with Crippen LogP contribution in [0.5, 0.6) is 0 Å². The average molecular weight is 557 g/mol. The van der Waals surface area contributed by atoms with Crippen LogP contribution in [0.4, 0.5) is 5.69 Å². The molecule has 2 amide bonds. The van der Waals surface area contributed by atoms with Crippen LogP contribution in [0.3, 0.4) is 0 Å². The molecule has 4 aliphatic rings. The van der Waals surface area contributed by atoms with Crippen LogP contribution in [0.25, 0.3) is 0 Å². The summed E-state index contributed by atoms with van der Waals surface area (Å²) >= 11 is 6.12. The van der Waals surface area contributed by atoms with E-state index in [1.807, 2.05) is 45.1 Å². The Kier molecular flexibility index (Phi) is 7.65. The van der Waals surface area contributed by atoms with Crippen molar-refractivity contribution in [3.63, 3.8) is 0 Å². The summed E-state index contributed by atoms with van der Waals surface area (Å²) in [6.45, 7) is 6.15. The smallest absolute Gasteiger partial charge is 0.313 e. The van der Waals surface area contributed by atoms with Gasteiger partial charge >= 0.3 is 5.97 Å². The summed E-state index contributed by atoms with van der Waals surface area (Å²) in [5.74, 6) is -2.90. The maximum absolute atomic E-state index is 14.5. The van der Waals surface area contributed by atoms with Crippen molar-refractivity contribution < 1.29 is 29.0 Å². The molecule has 1 aromatic rings. The Morgan fingerprint density at radius 3 is 2.49 bits per heavy atom. The van der Waals surface area contributed by atoms with Gasteiger partial charge in [0.25, 0.3) is 5.91 Å². The minimum Gasteiger partial charge on any atom is -0.465 e. The monoisotopic (exact) mass is 556 g/mol. The zero-order valence-corrected chi connectivity index (χ0v) is 23.5. The maximum atomic E-state index is 14.5. The number of allylic oxidation sites excluding steroid dienone is 1. The molecule has 1 spiro atoms. The molecule has 0 aromatic heterocycles. The minimum atomic E-state index is -1.40. The molecule has 2 fully saturated rings. The van der Waals surface area contributed by atoms with Gasteiger partial charge in [-0.1, -0.05) is 56.7 Å². The number of benzene rings is 1. The second-order valence-corrected chi connectivity index (χ2v) is 11.8. The number of fused-ring (bicyclic) bond motifs is 2. The molecule has 6 atom stereocenters. The van der Waals surface area contributed by atoms with Crippen molar-refractivity contribution in [3.05, 3.63) is 53.6 Å². The zero-order valence-electron chi connectivity index (χ0n) is 22.7. The summed E-state index contributed by atoms with van der Waals surface area (Å²) in [7, 11) is 0. The molecule has 0 radical (unpaired) electrons. The molecule has 0 bridgehead atoms. The minimum absolute atomic E-state index is 0.156. The maximum Gasteiger partial charge on any atom is 0.313 e. The topological polar surface area (TPSA) is 96.4 Å². The van der Waals surface area contributed by atoms with Gasteiger partial charge < -0.3 is 24.4 Å². The lowest BCUT2D eigenvalue weighted by Gasteiger charge is -2.41. The fourth-order valence-corrected chi connectivity index (χ4v) is 7.01. The summed E-state index contributed by atoms with van der Waals surface area (Å²) in [5.41, 5.74) is -1.86. The third-order valence-electron chi connectivity index (χ3n) is 8.56. The molecule has 210 valence electrons. The van der Waals surface area contributed by atoms with E-state index in [9.17, 15) is 19.5 Å². The first kappa shape index (κ1) is 27.9. The molecule has 2 saturated heterocycles. The third-order valence-corrected chi connectivity index (χ3v) is 8.81. The van der Waals surface area contributed by atoms with Crippen LogP contribution in [0.2, 0.25) is 5.02 Å². The van der Waals surface area contributed by atoms with E-state index < -0.39 is 41.1 Å². The first-order valence-electron chi connectivity index (χ1n) is 13.9. The molecule has 1 unspecified atom stereocenters. The second-order valence-electron chi connectivity index (χ2n) is 11.4. The molecule has 39 heavy (non-hydrogen) atoms. The molecule has 4 aliphatic heterocycles. The van der Waals surface area contributed by atoms with Crippen molar-refractivity contribution >= 4 is 35.1 Å². The Bertz CT molecular complexity index is 1180. The molecule has 8 nitrogen and oxygen atoms in total. The van der Waals surface area contributed by atoms with E-state index in [-0.39, 0.29) is 37.5 Å². The molecule has 9 heteroatoms. The van der Waals surface area contributed by atoms with Gasteiger partial charge in [-0.25, -0.2) is 0 Å². The van der Waals surface area contributed by atoms with Crippen molar-refractivity contribution in [2.75, 3.05) is 24.7 Å². The van der Waals surface area contributed by atoms with Gasteiger partial charge in [0.2, 0.25) is 5.91 Å². The van der Waals surface area contributed by atoms with Crippen LogP contribution >= 0.6 is 11.6 Å². The second kappa shape index (κ2) is 10.7. The fourth-order valence-electron chi connectivity index (χ4n) is 6.88. The van der Waals surface area contributed by atoms with Gasteiger partial charge in [0.15, 0.2) is 0 Å². The Balaban J connectivity index is 1.69. The standard InChI is InChI=1S/C30H37ClN2O6/c1-4-29-13-6-5-7-16-38-28(37)24(29)23-26(35)33(22(18-34)17-19(2)3)25-27(36)32(15-8-14-30(23,25)39-29)21-11-9-20(31)10-12-21/h6,8-14,19,22-25,34H,4-5,7,15-18H2,1-3H3/b13-6-/t22-,23+,24+,25?,29-,30+/m1/s1.